The number of hydrogen-bond acceptors (Lipinski definition) is 4. The van der Waals surface area contributed by atoms with Gasteiger partial charge in [-0.05, 0) is 43.9 Å². The van der Waals surface area contributed by atoms with E-state index in [1.807, 2.05) is 63.2 Å². The van der Waals surface area contributed by atoms with E-state index in [-0.39, 0.29) is 25.0 Å². The average Bonchev–Trinajstić information content (AvgIpc) is 2.80. The third-order valence-corrected chi connectivity index (χ3v) is 6.81. The molecule has 0 aliphatic carbocycles. The average molecular weight is 474 g/mol. The van der Waals surface area contributed by atoms with Gasteiger partial charge < -0.3 is 10.2 Å². The smallest absolute Gasteiger partial charge is 0.244 e. The number of rotatable bonds is 11. The van der Waals surface area contributed by atoms with Gasteiger partial charge in [0.05, 0.1) is 11.9 Å². The van der Waals surface area contributed by atoms with Crippen molar-refractivity contribution >= 4 is 27.5 Å². The van der Waals surface area contributed by atoms with Crippen LogP contribution in [0.25, 0.3) is 0 Å². The number of carbonyl (C=O) groups is 2. The quantitative estimate of drug-likeness (QED) is 0.542. The maximum Gasteiger partial charge on any atom is 0.244 e. The van der Waals surface area contributed by atoms with Gasteiger partial charge >= 0.3 is 0 Å². The summed E-state index contributed by atoms with van der Waals surface area (Å²) >= 11 is 0. The fourth-order valence-corrected chi connectivity index (χ4v) is 4.36. The fourth-order valence-electron chi connectivity index (χ4n) is 3.48. The molecule has 2 atom stereocenters. The molecule has 0 aliphatic heterocycles. The normalized spacial score (nSPS) is 13.1. The first-order valence-electron chi connectivity index (χ1n) is 11.3. The number of anilines is 1. The summed E-state index contributed by atoms with van der Waals surface area (Å²) in [6, 6.07) is 15.7. The lowest BCUT2D eigenvalue weighted by Crippen LogP contribution is -2.52. The van der Waals surface area contributed by atoms with Gasteiger partial charge in [-0.15, -0.1) is 0 Å². The predicted molar refractivity (Wildman–Crippen MR) is 132 cm³/mol. The minimum absolute atomic E-state index is 0.0300. The maximum atomic E-state index is 13.5. The number of sulfonamides is 1. The summed E-state index contributed by atoms with van der Waals surface area (Å²) in [7, 11) is -3.74. The summed E-state index contributed by atoms with van der Waals surface area (Å²) < 4.78 is 26.5. The van der Waals surface area contributed by atoms with E-state index >= 15 is 0 Å². The van der Waals surface area contributed by atoms with Crippen molar-refractivity contribution in [1.82, 2.24) is 10.2 Å². The van der Waals surface area contributed by atoms with E-state index in [1.165, 1.54) is 4.90 Å². The zero-order chi connectivity index (χ0) is 24.6. The van der Waals surface area contributed by atoms with Crippen molar-refractivity contribution in [2.75, 3.05) is 17.1 Å². The van der Waals surface area contributed by atoms with Crippen LogP contribution in [0.5, 0.6) is 0 Å². The van der Waals surface area contributed by atoms with E-state index in [1.54, 1.807) is 19.1 Å². The van der Waals surface area contributed by atoms with Crippen LogP contribution < -0.4 is 9.62 Å². The van der Waals surface area contributed by atoms with Crippen LogP contribution in [0, 0.1) is 0 Å². The number of amides is 2. The number of carbonyl (C=O) groups excluding carboxylic acids is 2. The molecule has 33 heavy (non-hydrogen) atoms. The number of hydrogen-bond donors (Lipinski definition) is 1. The molecule has 0 fully saturated rings. The van der Waals surface area contributed by atoms with E-state index in [2.05, 4.69) is 5.32 Å². The van der Waals surface area contributed by atoms with Gasteiger partial charge in [-0.2, -0.15) is 0 Å². The Balaban J connectivity index is 2.39. The van der Waals surface area contributed by atoms with Gasteiger partial charge in [-0.3, -0.25) is 13.9 Å². The maximum absolute atomic E-state index is 13.5. The molecular formula is C25H35N3O4S. The first-order chi connectivity index (χ1) is 15.6. The SMILES string of the molecule is CCc1ccccc1N(CC(=O)N(Cc1ccccc1)[C@@H](C)C(=O)N[C@@H](C)CC)S(C)(=O)=O. The number of aryl methyl sites for hydroxylation is 1. The Morgan fingerprint density at radius 1 is 0.970 bits per heavy atom. The molecule has 180 valence electrons. The lowest BCUT2D eigenvalue weighted by Gasteiger charge is -2.32. The van der Waals surface area contributed by atoms with Crippen molar-refractivity contribution in [3.8, 4) is 0 Å². The number of benzene rings is 2. The Kier molecular flexibility index (Phi) is 9.46. The van der Waals surface area contributed by atoms with E-state index in [0.29, 0.717) is 12.1 Å². The summed E-state index contributed by atoms with van der Waals surface area (Å²) in [5, 5.41) is 2.92. The summed E-state index contributed by atoms with van der Waals surface area (Å²) in [4.78, 5) is 27.8. The summed E-state index contributed by atoms with van der Waals surface area (Å²) in [6.07, 6.45) is 2.48. The second-order valence-electron chi connectivity index (χ2n) is 8.25. The summed E-state index contributed by atoms with van der Waals surface area (Å²) in [5.74, 6) is -0.713. The van der Waals surface area contributed by atoms with Crippen molar-refractivity contribution in [1.29, 1.82) is 0 Å². The highest BCUT2D eigenvalue weighted by Crippen LogP contribution is 2.24. The van der Waals surface area contributed by atoms with Crippen LogP contribution in [0.15, 0.2) is 54.6 Å². The highest BCUT2D eigenvalue weighted by Gasteiger charge is 2.30. The number of nitrogens with one attached hydrogen (secondary N) is 1. The molecule has 0 unspecified atom stereocenters. The van der Waals surface area contributed by atoms with Gasteiger partial charge in [0, 0.05) is 12.6 Å². The summed E-state index contributed by atoms with van der Waals surface area (Å²) in [6.45, 7) is 7.29. The molecule has 0 heterocycles. The van der Waals surface area contributed by atoms with Crippen LogP contribution in [-0.2, 0) is 32.6 Å². The first kappa shape index (κ1) is 26.4. The molecule has 0 saturated carbocycles. The Bertz CT molecular complexity index is 1040. The van der Waals surface area contributed by atoms with Crippen LogP contribution in [0.4, 0.5) is 5.69 Å². The van der Waals surface area contributed by atoms with Gasteiger partial charge in [0.15, 0.2) is 0 Å². The second-order valence-corrected chi connectivity index (χ2v) is 10.2. The van der Waals surface area contributed by atoms with Crippen LogP contribution in [-0.4, -0.2) is 50.0 Å². The lowest BCUT2D eigenvalue weighted by molar-refractivity contribution is -0.139. The van der Waals surface area contributed by atoms with E-state index in [9.17, 15) is 18.0 Å². The monoisotopic (exact) mass is 473 g/mol. The lowest BCUT2D eigenvalue weighted by atomic mass is 10.1. The van der Waals surface area contributed by atoms with Crippen LogP contribution in [0.3, 0.4) is 0 Å². The molecule has 0 saturated heterocycles. The van der Waals surface area contributed by atoms with E-state index < -0.39 is 22.0 Å². The van der Waals surface area contributed by atoms with Crippen LogP contribution in [0.2, 0.25) is 0 Å². The molecule has 7 nitrogen and oxygen atoms in total. The van der Waals surface area contributed by atoms with Crippen molar-refractivity contribution in [3.63, 3.8) is 0 Å². The molecule has 2 aromatic rings. The topological polar surface area (TPSA) is 86.8 Å². The zero-order valence-electron chi connectivity index (χ0n) is 20.1. The highest BCUT2D eigenvalue weighted by atomic mass is 32.2. The van der Waals surface area contributed by atoms with Crippen LogP contribution >= 0.6 is 0 Å². The van der Waals surface area contributed by atoms with Crippen molar-refractivity contribution in [2.24, 2.45) is 0 Å². The van der Waals surface area contributed by atoms with Crippen molar-refractivity contribution in [3.05, 3.63) is 65.7 Å². The molecule has 0 spiro atoms. The Morgan fingerprint density at radius 2 is 1.58 bits per heavy atom. The van der Waals surface area contributed by atoms with Gasteiger partial charge in [-0.1, -0.05) is 62.4 Å². The molecule has 2 amide bonds. The molecule has 1 N–H and O–H groups in total. The van der Waals surface area contributed by atoms with Gasteiger partial charge in [0.25, 0.3) is 0 Å². The van der Waals surface area contributed by atoms with Crippen LogP contribution in [0.1, 0.15) is 45.2 Å². The van der Waals surface area contributed by atoms with E-state index in [0.717, 1.165) is 28.1 Å². The molecule has 8 heteroatoms. The Labute approximate surface area is 197 Å². The molecule has 0 radical (unpaired) electrons. The molecule has 0 aliphatic rings. The molecule has 2 aromatic carbocycles. The number of nitrogens with zero attached hydrogens (tertiary/aromatic N) is 2. The third kappa shape index (κ3) is 7.32. The minimum atomic E-state index is -3.74. The fraction of sp³-hybridized carbons (Fsp3) is 0.440. The largest absolute Gasteiger partial charge is 0.352 e. The van der Waals surface area contributed by atoms with Gasteiger partial charge in [0.1, 0.15) is 12.6 Å². The highest BCUT2D eigenvalue weighted by molar-refractivity contribution is 7.92. The number of para-hydroxylation sites is 1. The Hall–Kier alpha value is -2.87. The molecule has 2 rings (SSSR count). The van der Waals surface area contributed by atoms with Crippen molar-refractivity contribution in [2.45, 2.75) is 59.2 Å². The third-order valence-electron chi connectivity index (χ3n) is 5.68. The minimum Gasteiger partial charge on any atom is -0.352 e. The predicted octanol–water partition coefficient (Wildman–Crippen LogP) is 3.35. The summed E-state index contributed by atoms with van der Waals surface area (Å²) in [5.41, 5.74) is 2.16. The molecule has 0 bridgehead atoms. The van der Waals surface area contributed by atoms with Gasteiger partial charge in [-0.25, -0.2) is 8.42 Å². The zero-order valence-corrected chi connectivity index (χ0v) is 20.9. The second kappa shape index (κ2) is 11.8. The Morgan fingerprint density at radius 3 is 2.15 bits per heavy atom. The first-order valence-corrected chi connectivity index (χ1v) is 13.1. The van der Waals surface area contributed by atoms with E-state index in [4.69, 9.17) is 0 Å². The van der Waals surface area contributed by atoms with Gasteiger partial charge in [0.2, 0.25) is 21.8 Å². The van der Waals surface area contributed by atoms with Crippen molar-refractivity contribution < 1.29 is 18.0 Å². The molecular weight excluding hydrogens is 438 g/mol. The standard InChI is InChI=1S/C25H35N3O4S/c1-6-19(3)26-25(30)20(4)27(17-21-13-9-8-10-14-21)24(29)18-28(33(5,31)32)23-16-12-11-15-22(23)7-2/h8-16,19-20H,6-7,17-18H2,1-5H3,(H,26,30)/t19-,20-/m0/s1. The molecule has 0 aromatic heterocycles.